The van der Waals surface area contributed by atoms with Crippen LogP contribution in [0.15, 0.2) is 47.5 Å². The SMILES string of the molecule is CCCCCCc1cc2c(c3cc4ccccc4cc13)C(=O)C(N)C(C)=N2. The molecule has 0 saturated carbocycles. The fraction of sp³-hybridized carbons (Fsp3) is 0.333. The summed E-state index contributed by atoms with van der Waals surface area (Å²) in [4.78, 5) is 17.7. The van der Waals surface area contributed by atoms with Crippen molar-refractivity contribution in [1.29, 1.82) is 0 Å². The number of benzene rings is 3. The molecule has 0 spiro atoms. The molecule has 1 unspecified atom stereocenters. The van der Waals surface area contributed by atoms with Crippen LogP contribution in [0.1, 0.15) is 55.5 Å². The summed E-state index contributed by atoms with van der Waals surface area (Å²) in [6.07, 6.45) is 5.89. The molecule has 0 aliphatic carbocycles. The van der Waals surface area contributed by atoms with E-state index >= 15 is 0 Å². The molecule has 0 aromatic heterocycles. The summed E-state index contributed by atoms with van der Waals surface area (Å²) in [5.74, 6) is -0.0182. The van der Waals surface area contributed by atoms with E-state index in [-0.39, 0.29) is 5.78 Å². The van der Waals surface area contributed by atoms with Crippen LogP contribution < -0.4 is 5.73 Å². The highest BCUT2D eigenvalue weighted by atomic mass is 16.1. The number of hydrogen-bond acceptors (Lipinski definition) is 3. The molecule has 3 aromatic carbocycles. The predicted molar refractivity (Wildman–Crippen MR) is 114 cm³/mol. The van der Waals surface area contributed by atoms with E-state index < -0.39 is 6.04 Å². The maximum Gasteiger partial charge on any atom is 0.188 e. The Labute approximate surface area is 160 Å². The summed E-state index contributed by atoms with van der Waals surface area (Å²) in [6.45, 7) is 4.07. The molecule has 3 heteroatoms. The third kappa shape index (κ3) is 3.17. The number of aryl methyl sites for hydroxylation is 1. The second kappa shape index (κ2) is 7.24. The van der Waals surface area contributed by atoms with Crippen LogP contribution in [-0.4, -0.2) is 17.5 Å². The Morgan fingerprint density at radius 3 is 2.41 bits per heavy atom. The van der Waals surface area contributed by atoms with Gasteiger partial charge in [0.15, 0.2) is 5.78 Å². The third-order valence-corrected chi connectivity index (χ3v) is 5.64. The fourth-order valence-electron chi connectivity index (χ4n) is 4.07. The van der Waals surface area contributed by atoms with Crippen molar-refractivity contribution in [2.75, 3.05) is 0 Å². The Morgan fingerprint density at radius 1 is 1.00 bits per heavy atom. The second-order valence-corrected chi connectivity index (χ2v) is 7.58. The molecule has 2 N–H and O–H groups in total. The van der Waals surface area contributed by atoms with Gasteiger partial charge < -0.3 is 5.73 Å². The first-order chi connectivity index (χ1) is 13.1. The van der Waals surface area contributed by atoms with Gasteiger partial charge in [-0.2, -0.15) is 0 Å². The van der Waals surface area contributed by atoms with Crippen LogP contribution in [0.25, 0.3) is 21.5 Å². The number of unbranched alkanes of at least 4 members (excludes halogenated alkanes) is 3. The molecule has 0 saturated heterocycles. The number of fused-ring (bicyclic) bond motifs is 4. The molecule has 27 heavy (non-hydrogen) atoms. The normalized spacial score (nSPS) is 16.6. The summed E-state index contributed by atoms with van der Waals surface area (Å²) in [5.41, 5.74) is 9.56. The Balaban J connectivity index is 1.95. The lowest BCUT2D eigenvalue weighted by Gasteiger charge is -2.22. The molecule has 0 radical (unpaired) electrons. The van der Waals surface area contributed by atoms with E-state index in [4.69, 9.17) is 5.73 Å². The molecule has 1 heterocycles. The number of hydrogen-bond donors (Lipinski definition) is 1. The first-order valence-electron chi connectivity index (χ1n) is 9.93. The average molecular weight is 358 g/mol. The van der Waals surface area contributed by atoms with Crippen LogP contribution in [0.3, 0.4) is 0 Å². The largest absolute Gasteiger partial charge is 0.317 e. The molecule has 1 aliphatic rings. The lowest BCUT2D eigenvalue weighted by atomic mass is 9.87. The molecule has 1 aliphatic heterocycles. The first kappa shape index (κ1) is 17.9. The van der Waals surface area contributed by atoms with Crippen molar-refractivity contribution < 1.29 is 4.79 Å². The van der Waals surface area contributed by atoms with Gasteiger partial charge in [0.25, 0.3) is 0 Å². The van der Waals surface area contributed by atoms with E-state index in [1.807, 2.05) is 13.0 Å². The molecule has 0 fully saturated rings. The monoisotopic (exact) mass is 358 g/mol. The molecule has 3 aromatic rings. The van der Waals surface area contributed by atoms with Crippen LogP contribution in [-0.2, 0) is 6.42 Å². The number of nitrogens with zero attached hydrogens (tertiary/aromatic N) is 1. The summed E-state index contributed by atoms with van der Waals surface area (Å²) in [5, 5.41) is 4.50. The standard InChI is InChI=1S/C24H26N2O/c1-3-4-5-6-11-18-14-21-22(24(27)23(25)15(2)26-21)20-13-17-10-8-7-9-16(17)12-19(18)20/h7-10,12-14,23H,3-6,11,25H2,1-2H3. The van der Waals surface area contributed by atoms with Crippen molar-refractivity contribution in [3.05, 3.63) is 53.6 Å². The number of Topliss-reactive ketones (excluding diaryl/α,β-unsaturated/α-hetero) is 1. The van der Waals surface area contributed by atoms with Crippen molar-refractivity contribution in [2.45, 2.75) is 52.0 Å². The van der Waals surface area contributed by atoms with Crippen molar-refractivity contribution in [1.82, 2.24) is 0 Å². The minimum atomic E-state index is -0.637. The average Bonchev–Trinajstić information content (AvgIpc) is 2.68. The quantitative estimate of drug-likeness (QED) is 0.467. The summed E-state index contributed by atoms with van der Waals surface area (Å²) in [6, 6.07) is 14.2. The topological polar surface area (TPSA) is 55.5 Å². The molecular weight excluding hydrogens is 332 g/mol. The van der Waals surface area contributed by atoms with Crippen LogP contribution in [0.2, 0.25) is 0 Å². The smallest absolute Gasteiger partial charge is 0.188 e. The van der Waals surface area contributed by atoms with Gasteiger partial charge in [-0.25, -0.2) is 0 Å². The van der Waals surface area contributed by atoms with Gasteiger partial charge in [0.05, 0.1) is 11.3 Å². The Bertz CT molecular complexity index is 1060. The lowest BCUT2D eigenvalue weighted by molar-refractivity contribution is 0.0984. The van der Waals surface area contributed by atoms with Crippen LogP contribution >= 0.6 is 0 Å². The van der Waals surface area contributed by atoms with Gasteiger partial charge in [-0.05, 0) is 65.1 Å². The number of rotatable bonds is 5. The highest BCUT2D eigenvalue weighted by Gasteiger charge is 2.28. The van der Waals surface area contributed by atoms with Gasteiger partial charge >= 0.3 is 0 Å². The number of ketones is 1. The lowest BCUT2D eigenvalue weighted by Crippen LogP contribution is -2.39. The summed E-state index contributed by atoms with van der Waals surface area (Å²) < 4.78 is 0. The van der Waals surface area contributed by atoms with E-state index in [9.17, 15) is 4.79 Å². The molecule has 0 bridgehead atoms. The van der Waals surface area contributed by atoms with E-state index in [0.29, 0.717) is 11.3 Å². The highest BCUT2D eigenvalue weighted by molar-refractivity contribution is 6.26. The molecular formula is C24H26N2O. The second-order valence-electron chi connectivity index (χ2n) is 7.58. The zero-order chi connectivity index (χ0) is 19.0. The highest BCUT2D eigenvalue weighted by Crippen LogP contribution is 2.37. The fourth-order valence-corrected chi connectivity index (χ4v) is 4.07. The van der Waals surface area contributed by atoms with Gasteiger partial charge in [-0.1, -0.05) is 50.5 Å². The van der Waals surface area contributed by atoms with Crippen LogP contribution in [0.4, 0.5) is 5.69 Å². The Morgan fingerprint density at radius 2 is 1.70 bits per heavy atom. The van der Waals surface area contributed by atoms with Crippen LogP contribution in [0.5, 0.6) is 0 Å². The van der Waals surface area contributed by atoms with Crippen molar-refractivity contribution in [3.63, 3.8) is 0 Å². The summed E-state index contributed by atoms with van der Waals surface area (Å²) >= 11 is 0. The van der Waals surface area contributed by atoms with Gasteiger partial charge in [0.1, 0.15) is 6.04 Å². The van der Waals surface area contributed by atoms with E-state index in [1.54, 1.807) is 0 Å². The number of nitrogens with two attached hydrogens (primary N) is 1. The van der Waals surface area contributed by atoms with Crippen molar-refractivity contribution >= 4 is 38.7 Å². The molecule has 0 amide bonds. The predicted octanol–water partition coefficient (Wildman–Crippen LogP) is 5.73. The van der Waals surface area contributed by atoms with Gasteiger partial charge in [-0.15, -0.1) is 0 Å². The maximum absolute atomic E-state index is 13.0. The number of carbonyl (C=O) groups is 1. The van der Waals surface area contributed by atoms with E-state index in [0.717, 1.165) is 29.3 Å². The molecule has 4 rings (SSSR count). The Hall–Kier alpha value is -2.52. The zero-order valence-corrected chi connectivity index (χ0v) is 16.1. The molecule has 3 nitrogen and oxygen atoms in total. The van der Waals surface area contributed by atoms with Gasteiger partial charge in [-0.3, -0.25) is 9.79 Å². The Kier molecular flexibility index (Phi) is 4.79. The maximum atomic E-state index is 13.0. The number of aliphatic imine (C=N–C) groups is 1. The van der Waals surface area contributed by atoms with Crippen molar-refractivity contribution in [2.24, 2.45) is 10.7 Å². The minimum absolute atomic E-state index is 0.0182. The van der Waals surface area contributed by atoms with E-state index in [2.05, 4.69) is 48.3 Å². The van der Waals surface area contributed by atoms with E-state index in [1.165, 1.54) is 35.6 Å². The number of carbonyl (C=O) groups excluding carboxylic acids is 1. The third-order valence-electron chi connectivity index (χ3n) is 5.64. The summed E-state index contributed by atoms with van der Waals surface area (Å²) in [7, 11) is 0. The molecule has 138 valence electrons. The molecule has 1 atom stereocenters. The first-order valence-corrected chi connectivity index (χ1v) is 9.93. The van der Waals surface area contributed by atoms with Gasteiger partial charge in [0.2, 0.25) is 0 Å². The minimum Gasteiger partial charge on any atom is -0.317 e. The van der Waals surface area contributed by atoms with Gasteiger partial charge in [0, 0.05) is 5.71 Å². The zero-order valence-electron chi connectivity index (χ0n) is 16.1. The van der Waals surface area contributed by atoms with Crippen LogP contribution in [0, 0.1) is 0 Å². The van der Waals surface area contributed by atoms with Crippen molar-refractivity contribution in [3.8, 4) is 0 Å².